The van der Waals surface area contributed by atoms with Crippen LogP contribution in [0.1, 0.15) is 24.4 Å². The number of ether oxygens (including phenoxy) is 2. The monoisotopic (exact) mass is 345 g/mol. The maximum Gasteiger partial charge on any atom is 0.327 e. The lowest BCUT2D eigenvalue weighted by Crippen LogP contribution is -2.35. The van der Waals surface area contributed by atoms with Gasteiger partial charge in [0.25, 0.3) is 0 Å². The zero-order chi connectivity index (χ0) is 14.5. The van der Waals surface area contributed by atoms with Gasteiger partial charge in [0, 0.05) is 23.2 Å². The highest BCUT2D eigenvalue weighted by Gasteiger charge is 2.26. The molecule has 2 unspecified atom stereocenters. The zero-order valence-corrected chi connectivity index (χ0v) is 12.8. The molecule has 1 aliphatic heterocycles. The number of hydrogen-bond acceptors (Lipinski definition) is 4. The predicted octanol–water partition coefficient (Wildman–Crippen LogP) is 2.57. The molecule has 4 nitrogen and oxygen atoms in total. The van der Waals surface area contributed by atoms with Crippen LogP contribution < -0.4 is 5.32 Å². The first-order valence-corrected chi connectivity index (χ1v) is 7.29. The molecular weight excluding hydrogens is 329 g/mol. The van der Waals surface area contributed by atoms with E-state index in [-0.39, 0.29) is 11.7 Å². The number of halogens is 2. The van der Waals surface area contributed by atoms with Crippen molar-refractivity contribution in [2.24, 2.45) is 0 Å². The van der Waals surface area contributed by atoms with Crippen molar-refractivity contribution in [2.75, 3.05) is 20.3 Å². The Bertz CT molecular complexity index is 477. The maximum atomic E-state index is 14.0. The van der Waals surface area contributed by atoms with Crippen LogP contribution in [-0.4, -0.2) is 32.3 Å². The van der Waals surface area contributed by atoms with Gasteiger partial charge in [0.1, 0.15) is 11.9 Å². The van der Waals surface area contributed by atoms with Crippen LogP contribution in [0.5, 0.6) is 0 Å². The Morgan fingerprint density at radius 2 is 2.45 bits per heavy atom. The third-order valence-electron chi connectivity index (χ3n) is 3.28. The summed E-state index contributed by atoms with van der Waals surface area (Å²) in [5.41, 5.74) is 0.276. The van der Waals surface area contributed by atoms with Gasteiger partial charge in [0.05, 0.1) is 13.2 Å². The molecule has 0 amide bonds. The van der Waals surface area contributed by atoms with Crippen LogP contribution in [-0.2, 0) is 14.3 Å². The predicted molar refractivity (Wildman–Crippen MR) is 75.8 cm³/mol. The lowest BCUT2D eigenvalue weighted by Gasteiger charge is -2.19. The van der Waals surface area contributed by atoms with E-state index in [2.05, 4.69) is 21.2 Å². The first-order valence-electron chi connectivity index (χ1n) is 6.49. The lowest BCUT2D eigenvalue weighted by atomic mass is 10.1. The molecule has 1 heterocycles. The quantitative estimate of drug-likeness (QED) is 0.833. The van der Waals surface area contributed by atoms with Crippen molar-refractivity contribution in [1.82, 2.24) is 5.32 Å². The van der Waals surface area contributed by atoms with E-state index in [4.69, 9.17) is 9.47 Å². The van der Waals surface area contributed by atoms with Crippen LogP contribution in [0.3, 0.4) is 0 Å². The second-order valence-electron chi connectivity index (χ2n) is 4.67. The van der Waals surface area contributed by atoms with Crippen LogP contribution in [0.15, 0.2) is 22.7 Å². The van der Waals surface area contributed by atoms with Crippen molar-refractivity contribution < 1.29 is 18.7 Å². The van der Waals surface area contributed by atoms with Gasteiger partial charge in [-0.2, -0.15) is 0 Å². The highest BCUT2D eigenvalue weighted by molar-refractivity contribution is 9.10. The summed E-state index contributed by atoms with van der Waals surface area (Å²) in [6.45, 7) is 1.23. The van der Waals surface area contributed by atoms with Crippen LogP contribution in [0, 0.1) is 5.82 Å². The highest BCUT2D eigenvalue weighted by atomic mass is 79.9. The molecule has 0 aromatic heterocycles. The first kappa shape index (κ1) is 15.4. The van der Waals surface area contributed by atoms with E-state index in [0.29, 0.717) is 11.0 Å². The largest absolute Gasteiger partial charge is 0.468 e. The molecule has 1 N–H and O–H groups in total. The molecule has 0 spiro atoms. The average Bonchev–Trinajstić information content (AvgIpc) is 2.93. The van der Waals surface area contributed by atoms with Gasteiger partial charge in [0.15, 0.2) is 0 Å². The SMILES string of the molecule is COC(=O)C(NCC1CCCO1)c1ccc(Br)cc1F. The molecule has 6 heteroatoms. The van der Waals surface area contributed by atoms with Gasteiger partial charge in [-0.05, 0) is 25.0 Å². The molecule has 1 saturated heterocycles. The van der Waals surface area contributed by atoms with E-state index in [1.807, 2.05) is 0 Å². The van der Waals surface area contributed by atoms with Gasteiger partial charge in [-0.15, -0.1) is 0 Å². The van der Waals surface area contributed by atoms with Gasteiger partial charge < -0.3 is 9.47 Å². The molecule has 0 saturated carbocycles. The molecule has 0 bridgehead atoms. The normalized spacial score (nSPS) is 19.9. The molecule has 0 aliphatic carbocycles. The standard InChI is InChI=1S/C14H17BrFNO3/c1-19-14(18)13(17-8-10-3-2-6-20-10)11-5-4-9(15)7-12(11)16/h4-5,7,10,13,17H,2-3,6,8H2,1H3. The summed E-state index contributed by atoms with van der Waals surface area (Å²) in [4.78, 5) is 11.9. The second-order valence-corrected chi connectivity index (χ2v) is 5.58. The van der Waals surface area contributed by atoms with Crippen LogP contribution in [0.25, 0.3) is 0 Å². The zero-order valence-electron chi connectivity index (χ0n) is 11.2. The van der Waals surface area contributed by atoms with E-state index < -0.39 is 17.8 Å². The molecule has 1 aliphatic rings. The number of carbonyl (C=O) groups is 1. The molecule has 1 aromatic carbocycles. The number of esters is 1. The Hall–Kier alpha value is -0.980. The van der Waals surface area contributed by atoms with E-state index in [1.54, 1.807) is 12.1 Å². The Labute approximate surface area is 125 Å². The van der Waals surface area contributed by atoms with Gasteiger partial charge in [-0.1, -0.05) is 22.0 Å². The fourth-order valence-electron chi connectivity index (χ4n) is 2.23. The van der Waals surface area contributed by atoms with Gasteiger partial charge in [-0.3, -0.25) is 5.32 Å². The highest BCUT2D eigenvalue weighted by Crippen LogP contribution is 2.23. The fraction of sp³-hybridized carbons (Fsp3) is 0.500. The summed E-state index contributed by atoms with van der Waals surface area (Å²) in [5.74, 6) is -0.959. The number of rotatable bonds is 5. The van der Waals surface area contributed by atoms with Crippen LogP contribution in [0.2, 0.25) is 0 Å². The molecule has 0 radical (unpaired) electrons. The number of carbonyl (C=O) groups excluding carboxylic acids is 1. The Morgan fingerprint density at radius 1 is 1.65 bits per heavy atom. The minimum atomic E-state index is -0.822. The van der Waals surface area contributed by atoms with Crippen molar-refractivity contribution in [3.63, 3.8) is 0 Å². The summed E-state index contributed by atoms with van der Waals surface area (Å²) in [6.07, 6.45) is 2.03. The molecule has 1 aromatic rings. The summed E-state index contributed by atoms with van der Waals surface area (Å²) in [6, 6.07) is 3.78. The molecular formula is C14H17BrFNO3. The summed E-state index contributed by atoms with van der Waals surface area (Å²) < 4.78 is 24.8. The topological polar surface area (TPSA) is 47.6 Å². The number of methoxy groups -OCH3 is 1. The van der Waals surface area contributed by atoms with Crippen molar-refractivity contribution >= 4 is 21.9 Å². The number of benzene rings is 1. The molecule has 110 valence electrons. The molecule has 20 heavy (non-hydrogen) atoms. The van der Waals surface area contributed by atoms with Crippen LogP contribution in [0.4, 0.5) is 4.39 Å². The van der Waals surface area contributed by atoms with E-state index in [1.165, 1.54) is 13.2 Å². The fourth-order valence-corrected chi connectivity index (χ4v) is 2.56. The third kappa shape index (κ3) is 3.77. The molecule has 1 fully saturated rings. The summed E-state index contributed by atoms with van der Waals surface area (Å²) in [7, 11) is 1.29. The second kappa shape index (κ2) is 7.15. The molecule has 2 atom stereocenters. The Balaban J connectivity index is 2.11. The first-order chi connectivity index (χ1) is 9.61. The number of nitrogens with one attached hydrogen (secondary N) is 1. The average molecular weight is 346 g/mol. The molecule has 2 rings (SSSR count). The Morgan fingerprint density at radius 3 is 3.05 bits per heavy atom. The number of hydrogen-bond donors (Lipinski definition) is 1. The van der Waals surface area contributed by atoms with Gasteiger partial charge in [0.2, 0.25) is 0 Å². The van der Waals surface area contributed by atoms with Crippen molar-refractivity contribution in [2.45, 2.75) is 25.0 Å². The van der Waals surface area contributed by atoms with Crippen molar-refractivity contribution in [3.8, 4) is 0 Å². The maximum absolute atomic E-state index is 14.0. The minimum absolute atomic E-state index is 0.0701. The van der Waals surface area contributed by atoms with E-state index in [0.717, 1.165) is 19.4 Å². The summed E-state index contributed by atoms with van der Waals surface area (Å²) >= 11 is 3.20. The van der Waals surface area contributed by atoms with Gasteiger partial charge >= 0.3 is 5.97 Å². The summed E-state index contributed by atoms with van der Waals surface area (Å²) in [5, 5.41) is 3.03. The lowest BCUT2D eigenvalue weighted by molar-refractivity contribution is -0.143. The van der Waals surface area contributed by atoms with E-state index in [9.17, 15) is 9.18 Å². The van der Waals surface area contributed by atoms with E-state index >= 15 is 0 Å². The third-order valence-corrected chi connectivity index (χ3v) is 3.78. The van der Waals surface area contributed by atoms with Crippen molar-refractivity contribution in [3.05, 3.63) is 34.1 Å². The van der Waals surface area contributed by atoms with Crippen molar-refractivity contribution in [1.29, 1.82) is 0 Å². The van der Waals surface area contributed by atoms with Crippen LogP contribution >= 0.6 is 15.9 Å². The minimum Gasteiger partial charge on any atom is -0.468 e. The smallest absolute Gasteiger partial charge is 0.327 e. The Kier molecular flexibility index (Phi) is 5.51. The van der Waals surface area contributed by atoms with Gasteiger partial charge in [-0.25, -0.2) is 9.18 Å².